The van der Waals surface area contributed by atoms with Crippen molar-refractivity contribution in [3.8, 4) is 16.9 Å². The minimum atomic E-state index is -0.953. The van der Waals surface area contributed by atoms with E-state index >= 15 is 0 Å². The molecule has 250 valence electrons. The van der Waals surface area contributed by atoms with Gasteiger partial charge in [0.15, 0.2) is 0 Å². The predicted molar refractivity (Wildman–Crippen MR) is 187 cm³/mol. The summed E-state index contributed by atoms with van der Waals surface area (Å²) in [5, 5.41) is 9.66. The monoisotopic (exact) mass is 700 g/mol. The maximum atomic E-state index is 14.8. The number of thioether (sulfide) groups is 1. The highest BCUT2D eigenvalue weighted by molar-refractivity contribution is 7.98. The van der Waals surface area contributed by atoms with Crippen LogP contribution in [-0.2, 0) is 6.54 Å². The van der Waals surface area contributed by atoms with Crippen molar-refractivity contribution in [2.75, 3.05) is 19.9 Å². The van der Waals surface area contributed by atoms with Gasteiger partial charge in [-0.15, -0.1) is 23.1 Å². The predicted octanol–water partition coefficient (Wildman–Crippen LogP) is 10.2. The number of rotatable bonds is 9. The average Bonchev–Trinajstić information content (AvgIpc) is 3.41. The van der Waals surface area contributed by atoms with E-state index < -0.39 is 29.2 Å². The standard InChI is InChI=1S/C36H39ClF2N2O4S2/c1-36(2,3)41(35(43)44)19-21-6-11-25(12-7-21)40(34(42)33-31(37)30-27(38)15-16-28(39)32(30)47-33)20-24-18-23(10-17-29(24)45-4)22-8-13-26(46-5)14-9-22/h8-10,13-18,21,25H,6-7,11-12,19-20H2,1-5H3,(H,43,44). The molecule has 3 aromatic carbocycles. The topological polar surface area (TPSA) is 70.1 Å². The summed E-state index contributed by atoms with van der Waals surface area (Å²) >= 11 is 9.15. The third-order valence-corrected chi connectivity index (χ3v) is 11.3. The highest BCUT2D eigenvalue weighted by Gasteiger charge is 2.35. The van der Waals surface area contributed by atoms with E-state index in [1.165, 1.54) is 4.90 Å². The first kappa shape index (κ1) is 35.0. The number of thiophene rings is 1. The summed E-state index contributed by atoms with van der Waals surface area (Å²) in [5.74, 6) is -0.975. The molecule has 0 bridgehead atoms. The molecule has 6 nitrogen and oxygen atoms in total. The molecule has 1 aliphatic carbocycles. The van der Waals surface area contributed by atoms with Crippen LogP contribution in [0.5, 0.6) is 5.75 Å². The van der Waals surface area contributed by atoms with Gasteiger partial charge in [0.2, 0.25) is 0 Å². The van der Waals surface area contributed by atoms with Crippen LogP contribution in [-0.4, -0.2) is 58.4 Å². The van der Waals surface area contributed by atoms with Crippen LogP contribution in [0.25, 0.3) is 21.2 Å². The minimum Gasteiger partial charge on any atom is -0.496 e. The van der Waals surface area contributed by atoms with E-state index in [-0.39, 0.29) is 38.5 Å². The molecule has 1 aliphatic rings. The van der Waals surface area contributed by atoms with Crippen molar-refractivity contribution < 1.29 is 28.2 Å². The molecule has 1 heterocycles. The second-order valence-corrected chi connectivity index (χ2v) is 15.2. The number of hydrogen-bond donors (Lipinski definition) is 1. The normalized spacial score (nSPS) is 16.7. The van der Waals surface area contributed by atoms with E-state index in [0.29, 0.717) is 25.1 Å². The smallest absolute Gasteiger partial charge is 0.407 e. The Hall–Kier alpha value is -3.34. The van der Waals surface area contributed by atoms with Crippen molar-refractivity contribution in [3.63, 3.8) is 0 Å². The Labute approximate surface area is 287 Å². The Morgan fingerprint density at radius 3 is 2.21 bits per heavy atom. The number of ether oxygens (including phenoxy) is 1. The lowest BCUT2D eigenvalue weighted by Gasteiger charge is -2.40. The third kappa shape index (κ3) is 7.55. The summed E-state index contributed by atoms with van der Waals surface area (Å²) in [4.78, 5) is 30.9. The lowest BCUT2D eigenvalue weighted by atomic mass is 9.84. The average molecular weight is 701 g/mol. The molecule has 0 radical (unpaired) electrons. The second-order valence-electron chi connectivity index (χ2n) is 12.9. The molecular weight excluding hydrogens is 662 g/mol. The molecule has 1 fully saturated rings. The minimum absolute atomic E-state index is 0.00576. The summed E-state index contributed by atoms with van der Waals surface area (Å²) in [6, 6.07) is 16.0. The number of benzene rings is 3. The van der Waals surface area contributed by atoms with Crippen molar-refractivity contribution in [1.82, 2.24) is 9.80 Å². The summed E-state index contributed by atoms with van der Waals surface area (Å²) in [6.07, 6.45) is 3.78. The molecule has 0 spiro atoms. The number of amides is 2. The highest BCUT2D eigenvalue weighted by Crippen LogP contribution is 2.41. The van der Waals surface area contributed by atoms with Gasteiger partial charge in [-0.2, -0.15) is 0 Å². The summed E-state index contributed by atoms with van der Waals surface area (Å²) < 4.78 is 35.3. The van der Waals surface area contributed by atoms with Crippen LogP contribution in [0.3, 0.4) is 0 Å². The van der Waals surface area contributed by atoms with E-state index in [0.717, 1.165) is 57.9 Å². The van der Waals surface area contributed by atoms with E-state index in [1.807, 2.05) is 45.2 Å². The Bertz CT molecular complexity index is 1770. The molecule has 4 aromatic rings. The fraction of sp³-hybridized carbons (Fsp3) is 0.389. The number of carboxylic acid groups (broad SMARTS) is 1. The van der Waals surface area contributed by atoms with Crippen molar-refractivity contribution in [3.05, 3.63) is 81.7 Å². The zero-order valence-corrected chi connectivity index (χ0v) is 29.5. The molecule has 1 aromatic heterocycles. The van der Waals surface area contributed by atoms with Crippen LogP contribution in [0.2, 0.25) is 5.02 Å². The molecule has 0 unspecified atom stereocenters. The van der Waals surface area contributed by atoms with Crippen molar-refractivity contribution >= 4 is 56.8 Å². The van der Waals surface area contributed by atoms with E-state index in [9.17, 15) is 23.5 Å². The van der Waals surface area contributed by atoms with Gasteiger partial charge in [-0.25, -0.2) is 13.6 Å². The van der Waals surface area contributed by atoms with Crippen molar-refractivity contribution in [2.45, 2.75) is 69.5 Å². The number of carbonyl (C=O) groups is 2. The largest absolute Gasteiger partial charge is 0.496 e. The first-order valence-corrected chi connectivity index (χ1v) is 17.9. The SMILES string of the molecule is COc1ccc(-c2ccc(SC)cc2)cc1CN(C(=O)c1sc2c(F)ccc(F)c2c1Cl)C1CCC(CN(C(=O)O)C(C)(C)C)CC1. The fourth-order valence-electron chi connectivity index (χ4n) is 6.32. The fourth-order valence-corrected chi connectivity index (χ4v) is 8.23. The van der Waals surface area contributed by atoms with Gasteiger partial charge >= 0.3 is 6.09 Å². The molecule has 11 heteroatoms. The van der Waals surface area contributed by atoms with Gasteiger partial charge in [-0.3, -0.25) is 4.79 Å². The first-order valence-electron chi connectivity index (χ1n) is 15.5. The Morgan fingerprint density at radius 2 is 1.64 bits per heavy atom. The highest BCUT2D eigenvalue weighted by atomic mass is 35.5. The summed E-state index contributed by atoms with van der Waals surface area (Å²) in [6.45, 7) is 6.24. The van der Waals surface area contributed by atoms with E-state index in [2.05, 4.69) is 24.3 Å². The molecule has 1 N–H and O–H groups in total. The molecule has 47 heavy (non-hydrogen) atoms. The second kappa shape index (κ2) is 14.4. The number of fused-ring (bicyclic) bond motifs is 1. The van der Waals surface area contributed by atoms with Crippen LogP contribution in [0.4, 0.5) is 13.6 Å². The maximum Gasteiger partial charge on any atom is 0.407 e. The lowest BCUT2D eigenvalue weighted by molar-refractivity contribution is 0.0535. The summed E-state index contributed by atoms with van der Waals surface area (Å²) in [5.41, 5.74) is 2.23. The number of nitrogens with zero attached hydrogens (tertiary/aromatic N) is 2. The van der Waals surface area contributed by atoms with Crippen LogP contribution < -0.4 is 4.74 Å². The molecule has 0 aliphatic heterocycles. The van der Waals surface area contributed by atoms with Crippen LogP contribution in [0.15, 0.2) is 59.5 Å². The van der Waals surface area contributed by atoms with Crippen LogP contribution in [0.1, 0.15) is 61.7 Å². The number of hydrogen-bond acceptors (Lipinski definition) is 5. The van der Waals surface area contributed by atoms with Crippen LogP contribution in [0, 0.1) is 17.6 Å². The van der Waals surface area contributed by atoms with E-state index in [4.69, 9.17) is 16.3 Å². The Morgan fingerprint density at radius 1 is 1.00 bits per heavy atom. The summed E-state index contributed by atoms with van der Waals surface area (Å²) in [7, 11) is 1.58. The number of carbonyl (C=O) groups excluding carboxylic acids is 1. The van der Waals surface area contributed by atoms with Crippen molar-refractivity contribution in [2.24, 2.45) is 5.92 Å². The van der Waals surface area contributed by atoms with Gasteiger partial charge in [-0.1, -0.05) is 29.8 Å². The first-order chi connectivity index (χ1) is 22.3. The van der Waals surface area contributed by atoms with Gasteiger partial charge in [0, 0.05) is 35.1 Å². The zero-order valence-electron chi connectivity index (χ0n) is 27.1. The molecular formula is C36H39ClF2N2O4S2. The van der Waals surface area contributed by atoms with Gasteiger partial charge in [-0.05, 0) is 106 Å². The maximum absolute atomic E-state index is 14.8. The zero-order chi connectivity index (χ0) is 34.0. The van der Waals surface area contributed by atoms with Crippen LogP contribution >= 0.6 is 34.7 Å². The lowest BCUT2D eigenvalue weighted by Crippen LogP contribution is -2.48. The molecule has 5 rings (SSSR count). The van der Waals surface area contributed by atoms with Gasteiger partial charge in [0.1, 0.15) is 22.3 Å². The molecule has 1 saturated carbocycles. The Balaban J connectivity index is 1.50. The van der Waals surface area contributed by atoms with Gasteiger partial charge in [0.25, 0.3) is 5.91 Å². The molecule has 0 atom stereocenters. The van der Waals surface area contributed by atoms with Crippen molar-refractivity contribution in [1.29, 1.82) is 0 Å². The Kier molecular flexibility index (Phi) is 10.7. The van der Waals surface area contributed by atoms with Gasteiger partial charge in [0.05, 0.1) is 22.2 Å². The molecule has 0 saturated heterocycles. The quantitative estimate of drug-likeness (QED) is 0.176. The number of methoxy groups -OCH3 is 1. The van der Waals surface area contributed by atoms with E-state index in [1.54, 1.807) is 23.8 Å². The third-order valence-electron chi connectivity index (χ3n) is 8.92. The van der Waals surface area contributed by atoms with Gasteiger partial charge < -0.3 is 19.6 Å². The number of halogens is 3. The molecule has 2 amide bonds.